The lowest BCUT2D eigenvalue weighted by Crippen LogP contribution is -2.27. The lowest BCUT2D eigenvalue weighted by molar-refractivity contribution is 0.0954. The van der Waals surface area contributed by atoms with E-state index in [2.05, 4.69) is 35.7 Å². The number of benzene rings is 1. The molecule has 192 valence electrons. The Morgan fingerprint density at radius 1 is 1.03 bits per heavy atom. The molecule has 0 fully saturated rings. The van der Waals surface area contributed by atoms with E-state index in [0.29, 0.717) is 34.8 Å². The second kappa shape index (κ2) is 11.2. The molecule has 5 aromatic rings. The van der Waals surface area contributed by atoms with E-state index in [1.807, 2.05) is 51.4 Å². The van der Waals surface area contributed by atoms with E-state index in [9.17, 15) is 4.79 Å². The number of anilines is 2. The summed E-state index contributed by atoms with van der Waals surface area (Å²) >= 11 is 0. The maximum Gasteiger partial charge on any atom is 0.253 e. The first-order chi connectivity index (χ1) is 17.5. The van der Waals surface area contributed by atoms with Gasteiger partial charge < -0.3 is 20.3 Å². The highest BCUT2D eigenvalue weighted by Gasteiger charge is 2.17. The molecule has 0 aliphatic carbocycles. The number of rotatable bonds is 9. The SMILES string of the molecule is Cc1cc(Nc2ncnn3ccc(C(=O)NCCCN(C)C)c23)ccc1Oc1ccn2ncnc2c1.Cl. The maximum absolute atomic E-state index is 12.9. The number of nitrogens with one attached hydrogen (secondary N) is 2. The summed E-state index contributed by atoms with van der Waals surface area (Å²) in [6.07, 6.45) is 7.38. The van der Waals surface area contributed by atoms with Gasteiger partial charge >= 0.3 is 0 Å². The number of pyridine rings is 1. The van der Waals surface area contributed by atoms with Crippen LogP contribution in [0, 0.1) is 6.92 Å². The quantitative estimate of drug-likeness (QED) is 0.282. The molecule has 37 heavy (non-hydrogen) atoms. The zero-order valence-electron chi connectivity index (χ0n) is 20.8. The summed E-state index contributed by atoms with van der Waals surface area (Å²) in [7, 11) is 4.02. The van der Waals surface area contributed by atoms with Crippen molar-refractivity contribution in [1.29, 1.82) is 0 Å². The largest absolute Gasteiger partial charge is 0.457 e. The number of fused-ring (bicyclic) bond motifs is 2. The van der Waals surface area contributed by atoms with E-state index < -0.39 is 0 Å². The molecule has 0 bridgehead atoms. The molecule has 0 atom stereocenters. The second-order valence-corrected chi connectivity index (χ2v) is 8.68. The number of halogens is 1. The van der Waals surface area contributed by atoms with Crippen molar-refractivity contribution in [3.8, 4) is 11.5 Å². The van der Waals surface area contributed by atoms with Crippen LogP contribution in [0.3, 0.4) is 0 Å². The van der Waals surface area contributed by atoms with Gasteiger partial charge in [-0.1, -0.05) is 0 Å². The van der Waals surface area contributed by atoms with E-state index in [1.165, 1.54) is 12.7 Å². The maximum atomic E-state index is 12.9. The van der Waals surface area contributed by atoms with Gasteiger partial charge in [-0.05, 0) is 69.9 Å². The summed E-state index contributed by atoms with van der Waals surface area (Å²) in [4.78, 5) is 23.5. The fourth-order valence-electron chi connectivity index (χ4n) is 3.89. The zero-order valence-corrected chi connectivity index (χ0v) is 21.6. The van der Waals surface area contributed by atoms with E-state index >= 15 is 0 Å². The highest BCUT2D eigenvalue weighted by atomic mass is 35.5. The summed E-state index contributed by atoms with van der Waals surface area (Å²) in [5.74, 6) is 1.78. The molecule has 0 aliphatic heterocycles. The Labute approximate surface area is 219 Å². The number of carbonyl (C=O) groups excluding carboxylic acids is 1. The lowest BCUT2D eigenvalue weighted by Gasteiger charge is -2.13. The van der Waals surface area contributed by atoms with Gasteiger partial charge in [-0.3, -0.25) is 4.79 Å². The van der Waals surface area contributed by atoms with Gasteiger partial charge in [0.15, 0.2) is 11.5 Å². The molecule has 4 aromatic heterocycles. The molecule has 4 heterocycles. The summed E-state index contributed by atoms with van der Waals surface area (Å²) in [5, 5.41) is 14.7. The molecule has 0 saturated carbocycles. The number of aryl methyl sites for hydroxylation is 1. The lowest BCUT2D eigenvalue weighted by atomic mass is 10.2. The fraction of sp³-hybridized carbons (Fsp3) is 0.240. The Hall–Kier alpha value is -4.22. The molecule has 0 saturated heterocycles. The number of hydrogen-bond donors (Lipinski definition) is 2. The van der Waals surface area contributed by atoms with Gasteiger partial charge in [0.1, 0.15) is 29.7 Å². The van der Waals surface area contributed by atoms with Crippen molar-refractivity contribution in [1.82, 2.24) is 39.4 Å². The number of carbonyl (C=O) groups is 1. The molecular weight excluding hydrogens is 494 g/mol. The number of aromatic nitrogens is 6. The van der Waals surface area contributed by atoms with Crippen LogP contribution in [0.5, 0.6) is 11.5 Å². The van der Waals surface area contributed by atoms with Gasteiger partial charge in [-0.25, -0.2) is 19.0 Å². The van der Waals surface area contributed by atoms with Gasteiger partial charge in [-0.15, -0.1) is 12.4 Å². The minimum absolute atomic E-state index is 0. The molecule has 11 nitrogen and oxygen atoms in total. The first-order valence-electron chi connectivity index (χ1n) is 11.6. The standard InChI is InChI=1S/C25H27N9O2.ClH/c1-17-13-18(5-6-21(17)36-19-7-11-33-22(14-19)27-15-29-33)31-24-23-20(8-12-34(23)30-16-28-24)25(35)26-9-4-10-32(2)3;/h5-8,11-16H,4,9-10H2,1-3H3,(H,26,35)(H,28,30,31);1H. The highest BCUT2D eigenvalue weighted by Crippen LogP contribution is 2.30. The molecular formula is C25H28ClN9O2. The van der Waals surface area contributed by atoms with Crippen molar-refractivity contribution < 1.29 is 9.53 Å². The van der Waals surface area contributed by atoms with E-state index in [0.717, 1.165) is 30.0 Å². The van der Waals surface area contributed by atoms with Crippen molar-refractivity contribution in [3.05, 3.63) is 72.6 Å². The van der Waals surface area contributed by atoms with Gasteiger partial charge in [-0.2, -0.15) is 10.2 Å². The van der Waals surface area contributed by atoms with E-state index in [-0.39, 0.29) is 18.3 Å². The third kappa shape index (κ3) is 5.79. The van der Waals surface area contributed by atoms with Crippen LogP contribution in [-0.4, -0.2) is 67.2 Å². The monoisotopic (exact) mass is 521 g/mol. The first kappa shape index (κ1) is 25.9. The predicted octanol–water partition coefficient (Wildman–Crippen LogP) is 3.72. The summed E-state index contributed by atoms with van der Waals surface area (Å²) in [5.41, 5.74) is 3.58. The Balaban J connectivity index is 0.00000320. The Morgan fingerprint density at radius 3 is 2.62 bits per heavy atom. The van der Waals surface area contributed by atoms with Crippen molar-refractivity contribution in [2.75, 3.05) is 32.5 Å². The summed E-state index contributed by atoms with van der Waals surface area (Å²) < 4.78 is 9.39. The molecule has 1 aromatic carbocycles. The van der Waals surface area contributed by atoms with E-state index in [1.54, 1.807) is 27.5 Å². The second-order valence-electron chi connectivity index (χ2n) is 8.68. The van der Waals surface area contributed by atoms with Crippen LogP contribution in [0.1, 0.15) is 22.3 Å². The smallest absolute Gasteiger partial charge is 0.253 e. The minimum Gasteiger partial charge on any atom is -0.457 e. The predicted molar refractivity (Wildman–Crippen MR) is 143 cm³/mol. The Kier molecular flexibility index (Phi) is 7.85. The van der Waals surface area contributed by atoms with Crippen LogP contribution in [0.2, 0.25) is 0 Å². The molecule has 2 N–H and O–H groups in total. The van der Waals surface area contributed by atoms with Gasteiger partial charge in [0.2, 0.25) is 0 Å². The topological polar surface area (TPSA) is 114 Å². The van der Waals surface area contributed by atoms with Crippen LogP contribution in [0.15, 0.2) is 61.4 Å². The molecule has 0 aliphatic rings. The number of nitrogens with zero attached hydrogens (tertiary/aromatic N) is 7. The third-order valence-corrected chi connectivity index (χ3v) is 5.68. The molecule has 0 spiro atoms. The van der Waals surface area contributed by atoms with Crippen molar-refractivity contribution in [3.63, 3.8) is 0 Å². The van der Waals surface area contributed by atoms with Crippen LogP contribution >= 0.6 is 12.4 Å². The van der Waals surface area contributed by atoms with E-state index in [4.69, 9.17) is 4.74 Å². The van der Waals surface area contributed by atoms with Crippen LogP contribution in [0.25, 0.3) is 11.2 Å². The summed E-state index contributed by atoms with van der Waals surface area (Å²) in [6.45, 7) is 3.46. The van der Waals surface area contributed by atoms with Crippen molar-refractivity contribution >= 4 is 41.0 Å². The van der Waals surface area contributed by atoms with Crippen LogP contribution in [-0.2, 0) is 0 Å². The molecule has 1 amide bonds. The number of amides is 1. The van der Waals surface area contributed by atoms with Gasteiger partial charge in [0, 0.05) is 30.7 Å². The first-order valence-corrected chi connectivity index (χ1v) is 11.6. The third-order valence-electron chi connectivity index (χ3n) is 5.68. The number of ether oxygens (including phenoxy) is 1. The average molecular weight is 522 g/mol. The molecule has 12 heteroatoms. The summed E-state index contributed by atoms with van der Waals surface area (Å²) in [6, 6.07) is 11.2. The minimum atomic E-state index is -0.154. The number of hydrogen-bond acceptors (Lipinski definition) is 8. The van der Waals surface area contributed by atoms with Crippen molar-refractivity contribution in [2.45, 2.75) is 13.3 Å². The highest BCUT2D eigenvalue weighted by molar-refractivity contribution is 6.04. The molecule has 0 unspecified atom stereocenters. The molecule has 0 radical (unpaired) electrons. The van der Waals surface area contributed by atoms with Crippen molar-refractivity contribution in [2.24, 2.45) is 0 Å². The Morgan fingerprint density at radius 2 is 1.81 bits per heavy atom. The fourth-order valence-corrected chi connectivity index (χ4v) is 3.89. The zero-order chi connectivity index (χ0) is 25.1. The van der Waals surface area contributed by atoms with Crippen LogP contribution in [0.4, 0.5) is 11.5 Å². The Bertz CT molecular complexity index is 1530. The van der Waals surface area contributed by atoms with Gasteiger partial charge in [0.25, 0.3) is 5.91 Å². The van der Waals surface area contributed by atoms with Gasteiger partial charge in [0.05, 0.1) is 5.56 Å². The molecule has 5 rings (SSSR count). The average Bonchev–Trinajstić information content (AvgIpc) is 3.51. The van der Waals surface area contributed by atoms with Crippen LogP contribution < -0.4 is 15.4 Å². The normalized spacial score (nSPS) is 11.0.